The molecule has 0 radical (unpaired) electrons. The Labute approximate surface area is 168 Å². The Kier molecular flexibility index (Phi) is 5.48. The second kappa shape index (κ2) is 7.61. The van der Waals surface area contributed by atoms with Gasteiger partial charge in [0.15, 0.2) is 11.5 Å². The molecule has 2 aromatic carbocycles. The van der Waals surface area contributed by atoms with Crippen LogP contribution in [0.15, 0.2) is 35.1 Å². The normalized spacial score (nSPS) is 12.2. The number of alkyl halides is 3. The highest BCUT2D eigenvalue weighted by atomic mass is 32.2. The van der Waals surface area contributed by atoms with Crippen LogP contribution in [0.3, 0.4) is 0 Å². The van der Waals surface area contributed by atoms with Gasteiger partial charge in [-0.05, 0) is 23.8 Å². The van der Waals surface area contributed by atoms with Gasteiger partial charge in [-0.25, -0.2) is 18.7 Å². The van der Waals surface area contributed by atoms with Crippen LogP contribution in [-0.4, -0.2) is 32.8 Å². The van der Waals surface area contributed by atoms with Crippen LogP contribution >= 0.6 is 0 Å². The number of hydrogen-bond donors (Lipinski definition) is 2. The van der Waals surface area contributed by atoms with E-state index in [1.165, 1.54) is 32.4 Å². The third-order valence-electron chi connectivity index (χ3n) is 4.31. The Balaban J connectivity index is 2.34. The van der Waals surface area contributed by atoms with Crippen LogP contribution in [0, 0.1) is 0 Å². The number of rotatable bonds is 5. The number of halogens is 3. The van der Waals surface area contributed by atoms with E-state index in [-0.39, 0.29) is 39.1 Å². The molecule has 0 aliphatic carbocycles. The van der Waals surface area contributed by atoms with E-state index in [2.05, 4.69) is 10.2 Å². The minimum absolute atomic E-state index is 0.0411. The van der Waals surface area contributed by atoms with Crippen molar-refractivity contribution in [3.8, 4) is 22.8 Å². The number of H-pyrrole nitrogens is 1. The van der Waals surface area contributed by atoms with E-state index in [0.29, 0.717) is 6.07 Å². The number of methoxy groups -OCH3 is 2. The Morgan fingerprint density at radius 1 is 1.07 bits per heavy atom. The van der Waals surface area contributed by atoms with Crippen molar-refractivity contribution in [2.24, 2.45) is 5.14 Å². The van der Waals surface area contributed by atoms with Gasteiger partial charge in [0.2, 0.25) is 10.0 Å². The molecular weight excluding hydrogens is 427 g/mol. The predicted octanol–water partition coefficient (Wildman–Crippen LogP) is 2.41. The molecule has 160 valence electrons. The van der Waals surface area contributed by atoms with Crippen LogP contribution in [0.5, 0.6) is 11.5 Å². The van der Waals surface area contributed by atoms with Gasteiger partial charge in [-0.15, -0.1) is 0 Å². The van der Waals surface area contributed by atoms with Crippen LogP contribution in [0.1, 0.15) is 11.1 Å². The summed E-state index contributed by atoms with van der Waals surface area (Å²) in [5.74, 6) is -0.355. The van der Waals surface area contributed by atoms with Crippen molar-refractivity contribution in [3.63, 3.8) is 0 Å². The van der Waals surface area contributed by atoms with E-state index in [1.807, 2.05) is 0 Å². The smallest absolute Gasteiger partial charge is 0.417 e. The summed E-state index contributed by atoms with van der Waals surface area (Å²) in [6, 6.07) is 5.67. The molecule has 0 atom stereocenters. The summed E-state index contributed by atoms with van der Waals surface area (Å²) < 4.78 is 74.2. The Bertz CT molecular complexity index is 1290. The maximum absolute atomic E-state index is 13.8. The molecule has 0 aliphatic rings. The molecule has 3 rings (SSSR count). The number of nitrogens with zero attached hydrogens (tertiary/aromatic N) is 1. The second-order valence-corrected chi connectivity index (χ2v) is 7.95. The summed E-state index contributed by atoms with van der Waals surface area (Å²) in [5, 5.41) is 11.1. The van der Waals surface area contributed by atoms with Crippen molar-refractivity contribution in [1.29, 1.82) is 0 Å². The second-order valence-electron chi connectivity index (χ2n) is 6.34. The van der Waals surface area contributed by atoms with Crippen molar-refractivity contribution in [2.75, 3.05) is 14.2 Å². The fourth-order valence-corrected chi connectivity index (χ4v) is 3.69. The minimum atomic E-state index is -4.83. The molecule has 0 saturated heterocycles. The van der Waals surface area contributed by atoms with Gasteiger partial charge in [-0.1, -0.05) is 12.1 Å². The predicted molar refractivity (Wildman–Crippen MR) is 103 cm³/mol. The molecule has 0 amide bonds. The van der Waals surface area contributed by atoms with Crippen LogP contribution in [-0.2, 0) is 22.0 Å². The number of hydrogen-bond acceptors (Lipinski definition) is 6. The van der Waals surface area contributed by atoms with Gasteiger partial charge in [-0.3, -0.25) is 4.79 Å². The molecular formula is C18H16F3N3O5S. The molecule has 1 heterocycles. The van der Waals surface area contributed by atoms with Crippen molar-refractivity contribution in [3.05, 3.63) is 51.8 Å². The summed E-state index contributed by atoms with van der Waals surface area (Å²) in [6.45, 7) is 0. The third-order valence-corrected chi connectivity index (χ3v) is 5.04. The zero-order valence-corrected chi connectivity index (χ0v) is 16.5. The number of benzene rings is 2. The molecule has 0 saturated carbocycles. The molecule has 0 fully saturated rings. The molecule has 8 nitrogen and oxygen atoms in total. The summed E-state index contributed by atoms with van der Waals surface area (Å²) in [6.07, 6.45) is -4.83. The zero-order valence-electron chi connectivity index (χ0n) is 15.7. The average Bonchev–Trinajstić information content (AvgIpc) is 2.65. The highest BCUT2D eigenvalue weighted by Gasteiger charge is 2.35. The molecule has 0 aliphatic heterocycles. The van der Waals surface area contributed by atoms with E-state index in [0.717, 1.165) is 6.07 Å². The van der Waals surface area contributed by atoms with Gasteiger partial charge < -0.3 is 9.47 Å². The maximum Gasteiger partial charge on any atom is 0.417 e. The van der Waals surface area contributed by atoms with Gasteiger partial charge in [0, 0.05) is 10.9 Å². The molecule has 0 unspecified atom stereocenters. The van der Waals surface area contributed by atoms with E-state index in [1.54, 1.807) is 0 Å². The monoisotopic (exact) mass is 443 g/mol. The lowest BCUT2D eigenvalue weighted by atomic mass is 9.97. The van der Waals surface area contributed by atoms with Crippen molar-refractivity contribution in [1.82, 2.24) is 10.2 Å². The Morgan fingerprint density at radius 3 is 2.20 bits per heavy atom. The van der Waals surface area contributed by atoms with Crippen LogP contribution in [0.25, 0.3) is 22.0 Å². The number of aromatic amines is 1. The molecule has 30 heavy (non-hydrogen) atoms. The third kappa shape index (κ3) is 4.24. The van der Waals surface area contributed by atoms with E-state index >= 15 is 0 Å². The summed E-state index contributed by atoms with van der Waals surface area (Å²) in [4.78, 5) is 12.2. The number of nitrogens with two attached hydrogens (primary N) is 1. The van der Waals surface area contributed by atoms with Gasteiger partial charge in [0.1, 0.15) is 0 Å². The number of fused-ring (bicyclic) bond motifs is 1. The number of ether oxygens (including phenoxy) is 2. The molecule has 0 bridgehead atoms. The minimum Gasteiger partial charge on any atom is -0.493 e. The number of aromatic nitrogens is 2. The van der Waals surface area contributed by atoms with Gasteiger partial charge >= 0.3 is 6.18 Å². The van der Waals surface area contributed by atoms with Gasteiger partial charge in [-0.2, -0.15) is 18.3 Å². The summed E-state index contributed by atoms with van der Waals surface area (Å²) >= 11 is 0. The average molecular weight is 443 g/mol. The first-order valence-corrected chi connectivity index (χ1v) is 10.0. The number of nitrogens with one attached hydrogen (secondary N) is 1. The fraction of sp³-hybridized carbons (Fsp3) is 0.222. The lowest BCUT2D eigenvalue weighted by Crippen LogP contribution is -2.16. The largest absolute Gasteiger partial charge is 0.493 e. The Hall–Kier alpha value is -3.12. The lowest BCUT2D eigenvalue weighted by molar-refractivity contribution is -0.137. The van der Waals surface area contributed by atoms with Gasteiger partial charge in [0.25, 0.3) is 5.56 Å². The quantitative estimate of drug-likeness (QED) is 0.624. The lowest BCUT2D eigenvalue weighted by Gasteiger charge is -2.16. The summed E-state index contributed by atoms with van der Waals surface area (Å²) in [5.41, 5.74) is -2.41. The molecule has 3 N–H and O–H groups in total. The first-order chi connectivity index (χ1) is 13.9. The van der Waals surface area contributed by atoms with Crippen LogP contribution < -0.4 is 20.2 Å². The van der Waals surface area contributed by atoms with Crippen LogP contribution in [0.4, 0.5) is 13.2 Å². The topological polar surface area (TPSA) is 124 Å². The molecule has 0 spiro atoms. The van der Waals surface area contributed by atoms with E-state index < -0.39 is 33.1 Å². The first kappa shape index (κ1) is 21.6. The van der Waals surface area contributed by atoms with E-state index in [9.17, 15) is 26.4 Å². The van der Waals surface area contributed by atoms with Crippen LogP contribution in [0.2, 0.25) is 0 Å². The first-order valence-electron chi connectivity index (χ1n) is 8.30. The fourth-order valence-electron chi connectivity index (χ4n) is 3.05. The zero-order chi connectivity index (χ0) is 22.3. The molecule has 3 aromatic rings. The maximum atomic E-state index is 13.8. The number of sulfonamides is 1. The standard InChI is InChI=1S/C18H16F3N3O5S/c1-28-14-6-11-12(7-15(14)29-2)17(25)24-23-16(11)10-4-3-9(8-30(22,26)27)5-13(10)18(19,20)21/h3-7H,8H2,1-2H3,(H,24,25)(H2,22,26,27). The molecule has 12 heteroatoms. The highest BCUT2D eigenvalue weighted by molar-refractivity contribution is 7.88. The summed E-state index contributed by atoms with van der Waals surface area (Å²) in [7, 11) is -1.34. The Morgan fingerprint density at radius 2 is 1.67 bits per heavy atom. The SMILES string of the molecule is COc1cc2c(-c3ccc(CS(N)(=O)=O)cc3C(F)(F)F)n[nH]c(=O)c2cc1OC. The molecule has 1 aromatic heterocycles. The van der Waals surface area contributed by atoms with Gasteiger partial charge in [0.05, 0.1) is 36.6 Å². The van der Waals surface area contributed by atoms with Crippen molar-refractivity contribution < 1.29 is 31.1 Å². The van der Waals surface area contributed by atoms with Crippen molar-refractivity contribution in [2.45, 2.75) is 11.9 Å². The van der Waals surface area contributed by atoms with Crippen molar-refractivity contribution >= 4 is 20.8 Å². The number of primary sulfonamides is 1. The highest BCUT2D eigenvalue weighted by Crippen LogP contribution is 2.40. The van der Waals surface area contributed by atoms with E-state index in [4.69, 9.17) is 14.6 Å².